The summed E-state index contributed by atoms with van der Waals surface area (Å²) in [6.45, 7) is 4.00. The van der Waals surface area contributed by atoms with Crippen LogP contribution in [0.2, 0.25) is 0 Å². The predicted octanol–water partition coefficient (Wildman–Crippen LogP) is 3.84. The van der Waals surface area contributed by atoms with Gasteiger partial charge in [0.25, 0.3) is 5.91 Å². The standard InChI is InChI=1S/C20H17N3O3S2/c1-11-6-12(2)18-16(7-11)28-20(23(18)9-17(24)26-3)22-19(25)13-4-5-14-15(8-13)27-10-21-14/h4-8,10H,9H2,1-3H3. The fraction of sp³-hybridized carbons (Fsp3) is 0.200. The molecule has 0 N–H and O–H groups in total. The molecule has 1 amide bonds. The van der Waals surface area contributed by atoms with Gasteiger partial charge in [0.2, 0.25) is 0 Å². The zero-order valence-electron chi connectivity index (χ0n) is 15.6. The van der Waals surface area contributed by atoms with Crippen LogP contribution in [0.4, 0.5) is 0 Å². The number of nitrogens with zero attached hydrogens (tertiary/aromatic N) is 3. The van der Waals surface area contributed by atoms with Crippen molar-refractivity contribution in [3.63, 3.8) is 0 Å². The normalized spacial score (nSPS) is 12.0. The number of esters is 1. The van der Waals surface area contributed by atoms with Crippen molar-refractivity contribution in [2.75, 3.05) is 7.11 Å². The second-order valence-electron chi connectivity index (χ2n) is 6.43. The maximum Gasteiger partial charge on any atom is 0.325 e. The Hall–Kier alpha value is -2.84. The predicted molar refractivity (Wildman–Crippen MR) is 111 cm³/mol. The number of benzene rings is 2. The van der Waals surface area contributed by atoms with Crippen molar-refractivity contribution in [2.24, 2.45) is 4.99 Å². The summed E-state index contributed by atoms with van der Waals surface area (Å²) in [6.07, 6.45) is 0. The van der Waals surface area contributed by atoms with Crippen LogP contribution in [0, 0.1) is 13.8 Å². The summed E-state index contributed by atoms with van der Waals surface area (Å²) in [5.41, 5.74) is 6.13. The molecule has 0 atom stereocenters. The molecule has 2 aromatic carbocycles. The summed E-state index contributed by atoms with van der Waals surface area (Å²) in [5, 5.41) is 0. The van der Waals surface area contributed by atoms with E-state index in [2.05, 4.69) is 9.98 Å². The fourth-order valence-electron chi connectivity index (χ4n) is 3.16. The van der Waals surface area contributed by atoms with Gasteiger partial charge in [0.05, 0.1) is 33.1 Å². The molecule has 6 nitrogen and oxygen atoms in total. The van der Waals surface area contributed by atoms with Gasteiger partial charge in [0.1, 0.15) is 6.54 Å². The Morgan fingerprint density at radius 2 is 2.00 bits per heavy atom. The molecule has 0 saturated heterocycles. The number of rotatable bonds is 3. The van der Waals surface area contributed by atoms with Crippen molar-refractivity contribution in [2.45, 2.75) is 20.4 Å². The molecule has 0 unspecified atom stereocenters. The number of hydrogen-bond donors (Lipinski definition) is 0. The van der Waals surface area contributed by atoms with Crippen molar-refractivity contribution < 1.29 is 14.3 Å². The molecule has 0 aliphatic rings. The van der Waals surface area contributed by atoms with E-state index in [4.69, 9.17) is 4.74 Å². The van der Waals surface area contributed by atoms with Crippen molar-refractivity contribution in [1.29, 1.82) is 0 Å². The van der Waals surface area contributed by atoms with Crippen molar-refractivity contribution in [3.05, 3.63) is 57.3 Å². The van der Waals surface area contributed by atoms with Crippen LogP contribution in [-0.4, -0.2) is 28.5 Å². The number of carbonyl (C=O) groups is 2. The van der Waals surface area contributed by atoms with Crippen molar-refractivity contribution >= 4 is 55.0 Å². The van der Waals surface area contributed by atoms with Gasteiger partial charge >= 0.3 is 5.97 Å². The average Bonchev–Trinajstić information content (AvgIpc) is 3.25. The van der Waals surface area contributed by atoms with Crippen LogP contribution >= 0.6 is 22.7 Å². The molecular weight excluding hydrogens is 394 g/mol. The molecule has 0 saturated carbocycles. The highest BCUT2D eigenvalue weighted by molar-refractivity contribution is 7.17. The number of fused-ring (bicyclic) bond motifs is 2. The van der Waals surface area contributed by atoms with Gasteiger partial charge in [-0.3, -0.25) is 9.59 Å². The first kappa shape index (κ1) is 18.5. The van der Waals surface area contributed by atoms with Gasteiger partial charge in [0.15, 0.2) is 4.80 Å². The largest absolute Gasteiger partial charge is 0.468 e. The second kappa shape index (κ2) is 7.29. The summed E-state index contributed by atoms with van der Waals surface area (Å²) in [6, 6.07) is 9.42. The van der Waals surface area contributed by atoms with Gasteiger partial charge in [-0.2, -0.15) is 4.99 Å². The lowest BCUT2D eigenvalue weighted by atomic mass is 10.1. The van der Waals surface area contributed by atoms with E-state index in [1.165, 1.54) is 29.8 Å². The molecule has 8 heteroatoms. The minimum absolute atomic E-state index is 0.000391. The quantitative estimate of drug-likeness (QED) is 0.480. The Balaban J connectivity index is 1.88. The van der Waals surface area contributed by atoms with Crippen molar-refractivity contribution in [1.82, 2.24) is 9.55 Å². The van der Waals surface area contributed by atoms with Gasteiger partial charge in [-0.15, -0.1) is 11.3 Å². The van der Waals surface area contributed by atoms with Crippen LogP contribution in [0.25, 0.3) is 20.4 Å². The lowest BCUT2D eigenvalue weighted by Crippen LogP contribution is -2.22. The lowest BCUT2D eigenvalue weighted by molar-refractivity contribution is -0.141. The minimum Gasteiger partial charge on any atom is -0.468 e. The van der Waals surface area contributed by atoms with E-state index < -0.39 is 0 Å². The van der Waals surface area contributed by atoms with E-state index >= 15 is 0 Å². The minimum atomic E-state index is -0.389. The summed E-state index contributed by atoms with van der Waals surface area (Å²) in [5.74, 6) is -0.741. The van der Waals surface area contributed by atoms with Crippen LogP contribution < -0.4 is 4.80 Å². The molecule has 0 aliphatic carbocycles. The number of amides is 1. The number of methoxy groups -OCH3 is 1. The highest BCUT2D eigenvalue weighted by Gasteiger charge is 2.15. The summed E-state index contributed by atoms with van der Waals surface area (Å²) in [7, 11) is 1.35. The van der Waals surface area contributed by atoms with Crippen LogP contribution in [-0.2, 0) is 16.1 Å². The smallest absolute Gasteiger partial charge is 0.325 e. The first-order valence-electron chi connectivity index (χ1n) is 8.56. The summed E-state index contributed by atoms with van der Waals surface area (Å²) < 4.78 is 8.50. The van der Waals surface area contributed by atoms with Crippen molar-refractivity contribution in [3.8, 4) is 0 Å². The fourth-order valence-corrected chi connectivity index (χ4v) is 5.08. The molecule has 0 radical (unpaired) electrons. The van der Waals surface area contributed by atoms with Crippen LogP contribution in [0.5, 0.6) is 0 Å². The van der Waals surface area contributed by atoms with Crippen LogP contribution in [0.1, 0.15) is 21.5 Å². The summed E-state index contributed by atoms with van der Waals surface area (Å²) >= 11 is 2.87. The van der Waals surface area contributed by atoms with Gasteiger partial charge in [-0.05, 0) is 49.2 Å². The molecule has 2 heterocycles. The average molecular weight is 412 g/mol. The third-order valence-electron chi connectivity index (χ3n) is 4.40. The first-order valence-corrected chi connectivity index (χ1v) is 10.3. The lowest BCUT2D eigenvalue weighted by Gasteiger charge is -2.06. The summed E-state index contributed by atoms with van der Waals surface area (Å²) in [4.78, 5) is 33.8. The van der Waals surface area contributed by atoms with E-state index in [1.54, 1.807) is 22.2 Å². The third kappa shape index (κ3) is 3.36. The van der Waals surface area contributed by atoms with E-state index in [0.29, 0.717) is 10.4 Å². The van der Waals surface area contributed by atoms with E-state index in [1.807, 2.05) is 32.0 Å². The molecule has 0 spiro atoms. The zero-order chi connectivity index (χ0) is 19.8. The number of ether oxygens (including phenoxy) is 1. The number of thiazole rings is 2. The Bertz CT molecular complexity index is 1300. The first-order chi connectivity index (χ1) is 13.5. The maximum atomic E-state index is 12.8. The van der Waals surface area contributed by atoms with Gasteiger partial charge < -0.3 is 9.30 Å². The Morgan fingerprint density at radius 1 is 1.18 bits per heavy atom. The zero-order valence-corrected chi connectivity index (χ0v) is 17.2. The van der Waals surface area contributed by atoms with E-state index in [9.17, 15) is 9.59 Å². The molecule has 4 rings (SSSR count). The molecule has 0 bridgehead atoms. The topological polar surface area (TPSA) is 73.6 Å². The highest BCUT2D eigenvalue weighted by atomic mass is 32.1. The highest BCUT2D eigenvalue weighted by Crippen LogP contribution is 2.24. The molecule has 142 valence electrons. The Kier molecular flexibility index (Phi) is 4.82. The van der Waals surface area contributed by atoms with E-state index in [0.717, 1.165) is 31.6 Å². The van der Waals surface area contributed by atoms with E-state index in [-0.39, 0.29) is 18.4 Å². The number of hydrogen-bond acceptors (Lipinski definition) is 6. The maximum absolute atomic E-state index is 12.8. The third-order valence-corrected chi connectivity index (χ3v) is 6.22. The number of carbonyl (C=O) groups excluding carboxylic acids is 2. The molecule has 0 aliphatic heterocycles. The molecule has 4 aromatic rings. The Labute approximate surface area is 168 Å². The second-order valence-corrected chi connectivity index (χ2v) is 8.32. The van der Waals surface area contributed by atoms with Crippen LogP contribution in [0.3, 0.4) is 0 Å². The Morgan fingerprint density at radius 3 is 2.79 bits per heavy atom. The molecular formula is C20H17N3O3S2. The number of aromatic nitrogens is 2. The number of aryl methyl sites for hydroxylation is 2. The molecule has 28 heavy (non-hydrogen) atoms. The molecule has 0 fully saturated rings. The van der Waals surface area contributed by atoms with Crippen LogP contribution in [0.15, 0.2) is 40.8 Å². The van der Waals surface area contributed by atoms with Gasteiger partial charge in [-0.1, -0.05) is 17.4 Å². The molecule has 2 aromatic heterocycles. The SMILES string of the molecule is COC(=O)Cn1c(=NC(=O)c2ccc3ncsc3c2)sc2cc(C)cc(C)c21. The monoisotopic (exact) mass is 411 g/mol. The van der Waals surface area contributed by atoms with Gasteiger partial charge in [0, 0.05) is 5.56 Å². The van der Waals surface area contributed by atoms with Gasteiger partial charge in [-0.25, -0.2) is 4.98 Å².